The molecule has 1 aromatic rings. The standard InChI is InChI=1S/C8H8N2O/c1-6-4-7(2-3-9)10-5-8(6)11/h4-5,11H,2H2,1H3. The molecule has 0 saturated heterocycles. The average molecular weight is 148 g/mol. The van der Waals surface area contributed by atoms with Crippen LogP contribution < -0.4 is 0 Å². The van der Waals surface area contributed by atoms with E-state index in [9.17, 15) is 0 Å². The maximum Gasteiger partial charge on any atom is 0.136 e. The van der Waals surface area contributed by atoms with E-state index < -0.39 is 0 Å². The topological polar surface area (TPSA) is 56.9 Å². The summed E-state index contributed by atoms with van der Waals surface area (Å²) in [5.74, 6) is 0.173. The average Bonchev–Trinajstić information content (AvgIpc) is 1.98. The molecule has 0 bridgehead atoms. The third-order valence-corrected chi connectivity index (χ3v) is 1.40. The van der Waals surface area contributed by atoms with Gasteiger partial charge < -0.3 is 5.11 Å². The summed E-state index contributed by atoms with van der Waals surface area (Å²) in [5.41, 5.74) is 1.45. The monoisotopic (exact) mass is 148 g/mol. The molecule has 3 nitrogen and oxygen atoms in total. The highest BCUT2D eigenvalue weighted by molar-refractivity contribution is 5.30. The van der Waals surface area contributed by atoms with Gasteiger partial charge in [0.25, 0.3) is 0 Å². The molecule has 0 amide bonds. The Labute approximate surface area is 64.9 Å². The zero-order valence-electron chi connectivity index (χ0n) is 6.20. The molecule has 0 saturated carbocycles. The summed E-state index contributed by atoms with van der Waals surface area (Å²) in [6.07, 6.45) is 1.66. The van der Waals surface area contributed by atoms with E-state index in [1.165, 1.54) is 6.20 Å². The second-order valence-electron chi connectivity index (χ2n) is 2.30. The normalized spacial score (nSPS) is 9.09. The van der Waals surface area contributed by atoms with Crippen LogP contribution in [0.1, 0.15) is 11.3 Å². The number of pyridine rings is 1. The van der Waals surface area contributed by atoms with Gasteiger partial charge in [0.15, 0.2) is 0 Å². The van der Waals surface area contributed by atoms with Gasteiger partial charge in [-0.15, -0.1) is 0 Å². The van der Waals surface area contributed by atoms with Gasteiger partial charge in [-0.3, -0.25) is 4.98 Å². The molecule has 0 spiro atoms. The Hall–Kier alpha value is -1.56. The van der Waals surface area contributed by atoms with Gasteiger partial charge in [0.2, 0.25) is 0 Å². The number of rotatable bonds is 1. The van der Waals surface area contributed by atoms with Crippen LogP contribution in [0.2, 0.25) is 0 Å². The third kappa shape index (κ3) is 1.68. The minimum atomic E-state index is 0.173. The molecule has 0 unspecified atom stereocenters. The molecular weight excluding hydrogens is 140 g/mol. The Bertz CT molecular complexity index is 301. The molecule has 0 aliphatic rings. The van der Waals surface area contributed by atoms with Gasteiger partial charge in [-0.25, -0.2) is 0 Å². The number of nitriles is 1. The van der Waals surface area contributed by atoms with Crippen molar-refractivity contribution in [3.05, 3.63) is 23.5 Å². The van der Waals surface area contributed by atoms with E-state index in [1.54, 1.807) is 13.0 Å². The fraction of sp³-hybridized carbons (Fsp3) is 0.250. The van der Waals surface area contributed by atoms with E-state index in [4.69, 9.17) is 10.4 Å². The van der Waals surface area contributed by atoms with Crippen molar-refractivity contribution >= 4 is 0 Å². The van der Waals surface area contributed by atoms with Gasteiger partial charge in [0.1, 0.15) is 5.75 Å². The molecule has 0 aromatic carbocycles. The number of nitrogens with zero attached hydrogens (tertiary/aromatic N) is 2. The molecule has 11 heavy (non-hydrogen) atoms. The summed E-state index contributed by atoms with van der Waals surface area (Å²) in [4.78, 5) is 3.86. The van der Waals surface area contributed by atoms with Crippen LogP contribution >= 0.6 is 0 Å². The maximum absolute atomic E-state index is 9.07. The summed E-state index contributed by atoms with van der Waals surface area (Å²) in [6, 6.07) is 3.69. The number of hydrogen-bond acceptors (Lipinski definition) is 3. The number of hydrogen-bond donors (Lipinski definition) is 1. The zero-order chi connectivity index (χ0) is 8.27. The SMILES string of the molecule is Cc1cc(CC#N)ncc1O. The van der Waals surface area contributed by atoms with Gasteiger partial charge in [0.05, 0.1) is 24.4 Å². The molecule has 0 aliphatic heterocycles. The summed E-state index contributed by atoms with van der Waals surface area (Å²) in [5, 5.41) is 17.4. The summed E-state index contributed by atoms with van der Waals surface area (Å²) in [6.45, 7) is 1.78. The van der Waals surface area contributed by atoms with Gasteiger partial charge in [0, 0.05) is 0 Å². The molecule has 1 aromatic heterocycles. The Balaban J connectivity index is 2.98. The summed E-state index contributed by atoms with van der Waals surface area (Å²) < 4.78 is 0. The van der Waals surface area contributed by atoms with Crippen LogP contribution in [0, 0.1) is 18.3 Å². The molecule has 1 N–H and O–H groups in total. The number of aryl methyl sites for hydroxylation is 1. The van der Waals surface area contributed by atoms with Crippen LogP contribution in [0.25, 0.3) is 0 Å². The van der Waals surface area contributed by atoms with Crippen LogP contribution in [-0.2, 0) is 6.42 Å². The first-order valence-corrected chi connectivity index (χ1v) is 3.25. The molecule has 56 valence electrons. The Morgan fingerprint density at radius 3 is 3.00 bits per heavy atom. The highest BCUT2D eigenvalue weighted by atomic mass is 16.3. The van der Waals surface area contributed by atoms with Crippen LogP contribution in [0.15, 0.2) is 12.3 Å². The van der Waals surface area contributed by atoms with Crippen molar-refractivity contribution in [1.29, 1.82) is 5.26 Å². The van der Waals surface area contributed by atoms with Crippen molar-refractivity contribution in [2.75, 3.05) is 0 Å². The lowest BCUT2D eigenvalue weighted by Gasteiger charge is -1.98. The van der Waals surface area contributed by atoms with Gasteiger partial charge in [-0.2, -0.15) is 5.26 Å². The van der Waals surface area contributed by atoms with Crippen LogP contribution in [-0.4, -0.2) is 10.1 Å². The van der Waals surface area contributed by atoms with E-state index in [0.29, 0.717) is 12.1 Å². The Morgan fingerprint density at radius 1 is 1.73 bits per heavy atom. The van der Waals surface area contributed by atoms with Crippen molar-refractivity contribution in [2.24, 2.45) is 0 Å². The quantitative estimate of drug-likeness (QED) is 0.650. The van der Waals surface area contributed by atoms with E-state index in [1.807, 2.05) is 6.07 Å². The first-order valence-electron chi connectivity index (χ1n) is 3.25. The van der Waals surface area contributed by atoms with Crippen molar-refractivity contribution in [3.63, 3.8) is 0 Å². The smallest absolute Gasteiger partial charge is 0.136 e. The molecule has 0 fully saturated rings. The predicted molar refractivity (Wildman–Crippen MR) is 40.0 cm³/mol. The first-order chi connectivity index (χ1) is 5.24. The second kappa shape index (κ2) is 3.02. The third-order valence-electron chi connectivity index (χ3n) is 1.40. The molecule has 0 aliphatic carbocycles. The highest BCUT2D eigenvalue weighted by Gasteiger charge is 1.97. The molecular formula is C8H8N2O. The van der Waals surface area contributed by atoms with Crippen LogP contribution in [0.3, 0.4) is 0 Å². The van der Waals surface area contributed by atoms with Crippen molar-refractivity contribution in [1.82, 2.24) is 4.98 Å². The molecule has 3 heteroatoms. The lowest BCUT2D eigenvalue weighted by Crippen LogP contribution is -1.88. The number of aromatic hydroxyl groups is 1. The van der Waals surface area contributed by atoms with E-state index in [-0.39, 0.29) is 5.75 Å². The minimum Gasteiger partial charge on any atom is -0.506 e. The lowest BCUT2D eigenvalue weighted by atomic mass is 10.2. The van der Waals surface area contributed by atoms with Crippen molar-refractivity contribution in [2.45, 2.75) is 13.3 Å². The predicted octanol–water partition coefficient (Wildman–Crippen LogP) is 1.16. The van der Waals surface area contributed by atoms with Gasteiger partial charge in [-0.1, -0.05) is 0 Å². The molecule has 1 heterocycles. The fourth-order valence-corrected chi connectivity index (χ4v) is 0.785. The van der Waals surface area contributed by atoms with Crippen LogP contribution in [0.5, 0.6) is 5.75 Å². The molecule has 1 rings (SSSR count). The highest BCUT2D eigenvalue weighted by Crippen LogP contribution is 2.14. The second-order valence-corrected chi connectivity index (χ2v) is 2.30. The fourth-order valence-electron chi connectivity index (χ4n) is 0.785. The maximum atomic E-state index is 9.07. The molecule has 0 atom stereocenters. The van der Waals surface area contributed by atoms with E-state index >= 15 is 0 Å². The molecule has 0 radical (unpaired) electrons. The summed E-state index contributed by atoms with van der Waals surface area (Å²) >= 11 is 0. The zero-order valence-corrected chi connectivity index (χ0v) is 6.20. The largest absolute Gasteiger partial charge is 0.506 e. The van der Waals surface area contributed by atoms with E-state index in [0.717, 1.165) is 5.56 Å². The Morgan fingerprint density at radius 2 is 2.45 bits per heavy atom. The first kappa shape index (κ1) is 7.55. The van der Waals surface area contributed by atoms with Crippen molar-refractivity contribution in [3.8, 4) is 11.8 Å². The number of aromatic nitrogens is 1. The minimum absolute atomic E-state index is 0.173. The van der Waals surface area contributed by atoms with Gasteiger partial charge in [-0.05, 0) is 18.6 Å². The van der Waals surface area contributed by atoms with Crippen molar-refractivity contribution < 1.29 is 5.11 Å². The van der Waals surface area contributed by atoms with Crippen LogP contribution in [0.4, 0.5) is 0 Å². The van der Waals surface area contributed by atoms with E-state index in [2.05, 4.69) is 4.98 Å². The Kier molecular flexibility index (Phi) is 2.07. The summed E-state index contributed by atoms with van der Waals surface area (Å²) in [7, 11) is 0. The van der Waals surface area contributed by atoms with Gasteiger partial charge >= 0.3 is 0 Å². The lowest BCUT2D eigenvalue weighted by molar-refractivity contribution is 0.468.